The van der Waals surface area contributed by atoms with Crippen LogP contribution in [0.4, 0.5) is 0 Å². The van der Waals surface area contributed by atoms with Crippen molar-refractivity contribution in [2.45, 2.75) is 39.2 Å². The molecule has 2 aromatic carbocycles. The van der Waals surface area contributed by atoms with Crippen molar-refractivity contribution >= 4 is 11.8 Å². The highest BCUT2D eigenvalue weighted by molar-refractivity contribution is 5.99. The fourth-order valence-electron chi connectivity index (χ4n) is 3.68. The number of rotatable bonds is 9. The van der Waals surface area contributed by atoms with E-state index < -0.39 is 6.04 Å². The first-order valence-corrected chi connectivity index (χ1v) is 10.5. The number of carbonyl (C=O) groups is 2. The van der Waals surface area contributed by atoms with Crippen LogP contribution in [0.5, 0.6) is 11.5 Å². The maximum atomic E-state index is 12.7. The summed E-state index contributed by atoms with van der Waals surface area (Å²) in [6.45, 7) is 4.53. The number of methoxy groups -OCH3 is 1. The Morgan fingerprint density at radius 2 is 1.83 bits per heavy atom. The number of fused-ring (bicyclic) bond motifs is 1. The molecule has 0 bridgehead atoms. The second-order valence-corrected chi connectivity index (χ2v) is 7.82. The van der Waals surface area contributed by atoms with Crippen molar-refractivity contribution in [2.24, 2.45) is 5.92 Å². The van der Waals surface area contributed by atoms with Crippen LogP contribution in [0.25, 0.3) is 0 Å². The van der Waals surface area contributed by atoms with E-state index in [0.717, 1.165) is 18.6 Å². The van der Waals surface area contributed by atoms with Gasteiger partial charge in [-0.2, -0.15) is 0 Å². The molecule has 1 aliphatic carbocycles. The van der Waals surface area contributed by atoms with Crippen molar-refractivity contribution in [2.75, 3.05) is 20.3 Å². The van der Waals surface area contributed by atoms with Crippen LogP contribution < -0.4 is 20.1 Å². The number of benzene rings is 2. The van der Waals surface area contributed by atoms with E-state index in [1.165, 1.54) is 24.7 Å². The Labute approximate surface area is 178 Å². The summed E-state index contributed by atoms with van der Waals surface area (Å²) >= 11 is 0. The van der Waals surface area contributed by atoms with Gasteiger partial charge < -0.3 is 20.1 Å². The number of amides is 2. The molecule has 0 fully saturated rings. The van der Waals surface area contributed by atoms with Crippen LogP contribution >= 0.6 is 0 Å². The number of hydrogen-bond donors (Lipinski definition) is 2. The van der Waals surface area contributed by atoms with Gasteiger partial charge in [0.1, 0.15) is 24.1 Å². The molecule has 160 valence electrons. The third-order valence-electron chi connectivity index (χ3n) is 5.33. The first kappa shape index (κ1) is 21.7. The molecule has 0 saturated carbocycles. The van der Waals surface area contributed by atoms with E-state index in [9.17, 15) is 9.59 Å². The molecule has 0 saturated heterocycles. The minimum atomic E-state index is -0.651. The van der Waals surface area contributed by atoms with E-state index in [-0.39, 0.29) is 17.7 Å². The molecule has 3 rings (SSSR count). The summed E-state index contributed by atoms with van der Waals surface area (Å²) in [6.07, 6.45) is 3.44. The van der Waals surface area contributed by atoms with E-state index in [2.05, 4.69) is 22.8 Å². The Bertz CT molecular complexity index is 895. The zero-order valence-corrected chi connectivity index (χ0v) is 17.9. The Kier molecular flexibility index (Phi) is 7.33. The number of para-hydroxylation sites is 1. The predicted molar refractivity (Wildman–Crippen MR) is 116 cm³/mol. The molecule has 1 atom stereocenters. The highest BCUT2D eigenvalue weighted by Crippen LogP contribution is 2.25. The Hall–Kier alpha value is -3.02. The first-order chi connectivity index (χ1) is 14.5. The maximum Gasteiger partial charge on any atom is 0.255 e. The third-order valence-corrected chi connectivity index (χ3v) is 5.33. The lowest BCUT2D eigenvalue weighted by Crippen LogP contribution is -2.50. The maximum absolute atomic E-state index is 12.7. The molecule has 6 nitrogen and oxygen atoms in total. The molecule has 2 amide bonds. The quantitative estimate of drug-likeness (QED) is 0.623. The topological polar surface area (TPSA) is 76.7 Å². The van der Waals surface area contributed by atoms with E-state index in [1.54, 1.807) is 24.3 Å². The average molecular weight is 411 g/mol. The van der Waals surface area contributed by atoms with Gasteiger partial charge in [0.2, 0.25) is 5.91 Å². The van der Waals surface area contributed by atoms with Gasteiger partial charge in [-0.1, -0.05) is 32.0 Å². The Morgan fingerprint density at radius 1 is 1.07 bits per heavy atom. The Balaban J connectivity index is 1.51. The lowest BCUT2D eigenvalue weighted by Gasteiger charge is -2.22. The van der Waals surface area contributed by atoms with Crippen LogP contribution in [0.3, 0.4) is 0 Å². The standard InChI is InChI=1S/C24H30N2O4/c1-16(2)22(26-23(27)20-9-4-5-10-21(20)29-3)24(28)25-13-14-30-19-12-11-17-7-6-8-18(17)15-19/h4-5,9-12,15-16,22H,6-8,13-14H2,1-3H3,(H,25,28)(H,26,27). The summed E-state index contributed by atoms with van der Waals surface area (Å²) in [5.74, 6) is 0.665. The van der Waals surface area contributed by atoms with E-state index >= 15 is 0 Å². The molecule has 2 aromatic rings. The molecule has 0 radical (unpaired) electrons. The number of ether oxygens (including phenoxy) is 2. The zero-order valence-electron chi connectivity index (χ0n) is 17.9. The molecule has 0 heterocycles. The summed E-state index contributed by atoms with van der Waals surface area (Å²) in [6, 6.07) is 12.5. The van der Waals surface area contributed by atoms with E-state index in [4.69, 9.17) is 9.47 Å². The SMILES string of the molecule is COc1ccccc1C(=O)NC(C(=O)NCCOc1ccc2c(c1)CCC2)C(C)C. The molecule has 6 heteroatoms. The molecule has 0 aromatic heterocycles. The normalized spacial score (nSPS) is 13.5. The molecule has 1 aliphatic rings. The highest BCUT2D eigenvalue weighted by atomic mass is 16.5. The highest BCUT2D eigenvalue weighted by Gasteiger charge is 2.25. The zero-order chi connectivity index (χ0) is 21.5. The largest absolute Gasteiger partial charge is 0.496 e. The van der Waals surface area contributed by atoms with Gasteiger partial charge in [-0.3, -0.25) is 9.59 Å². The van der Waals surface area contributed by atoms with Crippen LogP contribution in [0.1, 0.15) is 41.8 Å². The van der Waals surface area contributed by atoms with Crippen molar-refractivity contribution in [1.29, 1.82) is 0 Å². The van der Waals surface area contributed by atoms with Crippen LogP contribution in [0.2, 0.25) is 0 Å². The fraction of sp³-hybridized carbons (Fsp3) is 0.417. The van der Waals surface area contributed by atoms with Crippen molar-refractivity contribution in [1.82, 2.24) is 10.6 Å². The number of aryl methyl sites for hydroxylation is 2. The van der Waals surface area contributed by atoms with E-state index in [1.807, 2.05) is 19.9 Å². The molecular weight excluding hydrogens is 380 g/mol. The minimum absolute atomic E-state index is 0.0683. The van der Waals surface area contributed by atoms with E-state index in [0.29, 0.717) is 24.5 Å². The van der Waals surface area contributed by atoms with Crippen LogP contribution in [0.15, 0.2) is 42.5 Å². The lowest BCUT2D eigenvalue weighted by molar-refractivity contribution is -0.124. The Morgan fingerprint density at radius 3 is 2.60 bits per heavy atom. The van der Waals surface area contributed by atoms with Gasteiger partial charge in [0.15, 0.2) is 0 Å². The minimum Gasteiger partial charge on any atom is -0.496 e. The average Bonchev–Trinajstić information content (AvgIpc) is 3.22. The second-order valence-electron chi connectivity index (χ2n) is 7.82. The lowest BCUT2D eigenvalue weighted by atomic mass is 10.0. The smallest absolute Gasteiger partial charge is 0.255 e. The van der Waals surface area contributed by atoms with Crippen LogP contribution in [-0.2, 0) is 17.6 Å². The summed E-state index contributed by atoms with van der Waals surface area (Å²) in [5, 5.41) is 5.68. The van der Waals surface area contributed by atoms with Gasteiger partial charge in [-0.05, 0) is 60.6 Å². The van der Waals surface area contributed by atoms with Crippen molar-refractivity contribution in [3.63, 3.8) is 0 Å². The van der Waals surface area contributed by atoms with Crippen LogP contribution in [-0.4, -0.2) is 38.1 Å². The fourth-order valence-corrected chi connectivity index (χ4v) is 3.68. The van der Waals surface area contributed by atoms with Crippen LogP contribution in [0, 0.1) is 5.92 Å². The molecule has 1 unspecified atom stereocenters. The van der Waals surface area contributed by atoms with Crippen molar-refractivity contribution in [3.05, 3.63) is 59.2 Å². The summed E-state index contributed by atoms with van der Waals surface area (Å²) in [5.41, 5.74) is 3.16. The van der Waals surface area contributed by atoms with Gasteiger partial charge in [0.25, 0.3) is 5.91 Å². The summed E-state index contributed by atoms with van der Waals surface area (Å²) < 4.78 is 11.0. The summed E-state index contributed by atoms with van der Waals surface area (Å²) in [7, 11) is 1.51. The van der Waals surface area contributed by atoms with Gasteiger partial charge in [-0.15, -0.1) is 0 Å². The van der Waals surface area contributed by atoms with Gasteiger partial charge in [-0.25, -0.2) is 0 Å². The second kappa shape index (κ2) is 10.1. The monoisotopic (exact) mass is 410 g/mol. The van der Waals surface area contributed by atoms with Crippen molar-refractivity contribution < 1.29 is 19.1 Å². The first-order valence-electron chi connectivity index (χ1n) is 10.5. The van der Waals surface area contributed by atoms with Gasteiger partial charge in [0, 0.05) is 0 Å². The number of hydrogen-bond acceptors (Lipinski definition) is 4. The molecule has 0 spiro atoms. The molecular formula is C24H30N2O4. The number of nitrogens with one attached hydrogen (secondary N) is 2. The number of carbonyl (C=O) groups excluding carboxylic acids is 2. The molecule has 0 aliphatic heterocycles. The predicted octanol–water partition coefficient (Wildman–Crippen LogP) is 3.13. The third kappa shape index (κ3) is 5.32. The molecule has 2 N–H and O–H groups in total. The summed E-state index contributed by atoms with van der Waals surface area (Å²) in [4.78, 5) is 25.3. The molecule has 30 heavy (non-hydrogen) atoms. The van der Waals surface area contributed by atoms with Crippen molar-refractivity contribution in [3.8, 4) is 11.5 Å². The van der Waals surface area contributed by atoms with Gasteiger partial charge in [0.05, 0.1) is 19.2 Å². The van der Waals surface area contributed by atoms with Gasteiger partial charge >= 0.3 is 0 Å².